The van der Waals surface area contributed by atoms with Gasteiger partial charge in [-0.15, -0.1) is 0 Å². The van der Waals surface area contributed by atoms with E-state index in [1.54, 1.807) is 14.2 Å². The Balaban J connectivity index is 2.65. The van der Waals surface area contributed by atoms with Crippen molar-refractivity contribution < 1.29 is 9.47 Å². The van der Waals surface area contributed by atoms with Crippen LogP contribution in [-0.2, 0) is 0 Å². The first-order valence-corrected chi connectivity index (χ1v) is 6.72. The zero-order valence-electron chi connectivity index (χ0n) is 11.8. The van der Waals surface area contributed by atoms with Crippen LogP contribution in [0.5, 0.6) is 11.5 Å². The van der Waals surface area contributed by atoms with Crippen LogP contribution < -0.4 is 15.2 Å². The molecular weight excluding hydrogens is 274 g/mol. The third-order valence-electron chi connectivity index (χ3n) is 3.18. The van der Waals surface area contributed by atoms with Crippen molar-refractivity contribution in [1.82, 2.24) is 0 Å². The number of benzene rings is 2. The molecule has 0 aliphatic rings. The molecule has 0 amide bonds. The van der Waals surface area contributed by atoms with E-state index in [4.69, 9.17) is 26.8 Å². The van der Waals surface area contributed by atoms with Crippen molar-refractivity contribution in [3.05, 3.63) is 47.0 Å². The SMILES string of the molecule is COc1cc(C(C)N)cc(-c2ccc(Cl)cc2)c1OC. The van der Waals surface area contributed by atoms with Crippen LogP contribution in [0, 0.1) is 0 Å². The van der Waals surface area contributed by atoms with Crippen LogP contribution in [0.15, 0.2) is 36.4 Å². The summed E-state index contributed by atoms with van der Waals surface area (Å²) in [6.45, 7) is 1.94. The zero-order valence-corrected chi connectivity index (χ0v) is 12.6. The molecule has 2 N–H and O–H groups in total. The van der Waals surface area contributed by atoms with Gasteiger partial charge < -0.3 is 15.2 Å². The minimum atomic E-state index is -0.0825. The molecule has 0 aliphatic heterocycles. The summed E-state index contributed by atoms with van der Waals surface area (Å²) in [6, 6.07) is 11.4. The Labute approximate surface area is 124 Å². The predicted octanol–water partition coefficient (Wildman–Crippen LogP) is 4.04. The molecule has 0 saturated carbocycles. The number of ether oxygens (including phenoxy) is 2. The van der Waals surface area contributed by atoms with Crippen molar-refractivity contribution in [2.24, 2.45) is 5.73 Å². The maximum atomic E-state index is 5.98. The highest BCUT2D eigenvalue weighted by Crippen LogP contribution is 2.40. The van der Waals surface area contributed by atoms with E-state index in [2.05, 4.69) is 0 Å². The van der Waals surface area contributed by atoms with Gasteiger partial charge >= 0.3 is 0 Å². The Hall–Kier alpha value is -1.71. The summed E-state index contributed by atoms with van der Waals surface area (Å²) in [5.41, 5.74) is 8.92. The molecule has 0 spiro atoms. The maximum Gasteiger partial charge on any atom is 0.168 e. The van der Waals surface area contributed by atoms with Gasteiger partial charge in [0.1, 0.15) is 0 Å². The van der Waals surface area contributed by atoms with Gasteiger partial charge in [-0.3, -0.25) is 0 Å². The molecule has 2 aromatic rings. The first-order chi connectivity index (χ1) is 9.56. The van der Waals surface area contributed by atoms with E-state index < -0.39 is 0 Å². The minimum Gasteiger partial charge on any atom is -0.493 e. The second kappa shape index (κ2) is 6.16. The molecule has 20 heavy (non-hydrogen) atoms. The summed E-state index contributed by atoms with van der Waals surface area (Å²) in [7, 11) is 3.25. The topological polar surface area (TPSA) is 44.5 Å². The quantitative estimate of drug-likeness (QED) is 0.924. The fraction of sp³-hybridized carbons (Fsp3) is 0.250. The van der Waals surface area contributed by atoms with Crippen molar-refractivity contribution in [2.45, 2.75) is 13.0 Å². The van der Waals surface area contributed by atoms with Gasteiger partial charge in [0.25, 0.3) is 0 Å². The smallest absolute Gasteiger partial charge is 0.168 e. The molecule has 106 valence electrons. The number of hydrogen-bond acceptors (Lipinski definition) is 3. The monoisotopic (exact) mass is 291 g/mol. The van der Waals surface area contributed by atoms with Gasteiger partial charge in [-0.1, -0.05) is 23.7 Å². The predicted molar refractivity (Wildman–Crippen MR) is 82.6 cm³/mol. The molecule has 0 heterocycles. The summed E-state index contributed by atoms with van der Waals surface area (Å²) in [5, 5.41) is 0.697. The van der Waals surface area contributed by atoms with Crippen LogP contribution in [0.2, 0.25) is 5.02 Å². The fourth-order valence-corrected chi connectivity index (χ4v) is 2.22. The molecule has 2 rings (SSSR count). The van der Waals surface area contributed by atoms with Gasteiger partial charge in [0, 0.05) is 16.6 Å². The second-order valence-corrected chi connectivity index (χ2v) is 5.04. The highest BCUT2D eigenvalue weighted by molar-refractivity contribution is 6.30. The third-order valence-corrected chi connectivity index (χ3v) is 3.43. The van der Waals surface area contributed by atoms with E-state index in [0.29, 0.717) is 16.5 Å². The maximum absolute atomic E-state index is 5.98. The van der Waals surface area contributed by atoms with Crippen molar-refractivity contribution in [3.8, 4) is 22.6 Å². The number of nitrogens with two attached hydrogens (primary N) is 1. The van der Waals surface area contributed by atoms with Crippen LogP contribution in [0.3, 0.4) is 0 Å². The van der Waals surface area contributed by atoms with Crippen molar-refractivity contribution in [3.63, 3.8) is 0 Å². The Kier molecular flexibility index (Phi) is 4.53. The number of methoxy groups -OCH3 is 2. The molecule has 1 atom stereocenters. The Morgan fingerprint density at radius 2 is 1.70 bits per heavy atom. The lowest BCUT2D eigenvalue weighted by Crippen LogP contribution is -2.06. The Morgan fingerprint density at radius 1 is 1.05 bits per heavy atom. The Morgan fingerprint density at radius 3 is 2.20 bits per heavy atom. The van der Waals surface area contributed by atoms with E-state index in [0.717, 1.165) is 16.7 Å². The third kappa shape index (κ3) is 2.89. The molecule has 0 radical (unpaired) electrons. The second-order valence-electron chi connectivity index (χ2n) is 4.60. The van der Waals surface area contributed by atoms with Crippen LogP contribution in [0.4, 0.5) is 0 Å². The van der Waals surface area contributed by atoms with Crippen LogP contribution in [0.1, 0.15) is 18.5 Å². The van der Waals surface area contributed by atoms with Gasteiger partial charge in [0.15, 0.2) is 11.5 Å². The van der Waals surface area contributed by atoms with Crippen LogP contribution >= 0.6 is 11.6 Å². The van der Waals surface area contributed by atoms with E-state index >= 15 is 0 Å². The summed E-state index contributed by atoms with van der Waals surface area (Å²) >= 11 is 5.94. The van der Waals surface area contributed by atoms with E-state index in [1.807, 2.05) is 43.3 Å². The summed E-state index contributed by atoms with van der Waals surface area (Å²) in [6.07, 6.45) is 0. The molecule has 4 heteroatoms. The lowest BCUT2D eigenvalue weighted by atomic mass is 9.98. The molecule has 0 saturated heterocycles. The number of rotatable bonds is 4. The van der Waals surface area contributed by atoms with Crippen LogP contribution in [-0.4, -0.2) is 14.2 Å². The molecular formula is C16H18ClNO2. The standard InChI is InChI=1S/C16H18ClNO2/c1-10(18)12-8-14(11-4-6-13(17)7-5-11)16(20-3)15(9-12)19-2/h4-10H,18H2,1-3H3. The van der Waals surface area contributed by atoms with Crippen molar-refractivity contribution in [1.29, 1.82) is 0 Å². The summed E-state index contributed by atoms with van der Waals surface area (Å²) < 4.78 is 10.9. The first-order valence-electron chi connectivity index (χ1n) is 6.34. The first kappa shape index (κ1) is 14.7. The largest absolute Gasteiger partial charge is 0.493 e. The summed E-state index contributed by atoms with van der Waals surface area (Å²) in [5.74, 6) is 1.37. The van der Waals surface area contributed by atoms with Crippen LogP contribution in [0.25, 0.3) is 11.1 Å². The molecule has 3 nitrogen and oxygen atoms in total. The van der Waals surface area contributed by atoms with Crippen molar-refractivity contribution in [2.75, 3.05) is 14.2 Å². The number of halogens is 1. The van der Waals surface area contributed by atoms with E-state index in [1.165, 1.54) is 0 Å². The van der Waals surface area contributed by atoms with Gasteiger partial charge in [-0.2, -0.15) is 0 Å². The van der Waals surface area contributed by atoms with Gasteiger partial charge in [-0.25, -0.2) is 0 Å². The molecule has 0 fully saturated rings. The highest BCUT2D eigenvalue weighted by atomic mass is 35.5. The van der Waals surface area contributed by atoms with Gasteiger partial charge in [0.05, 0.1) is 14.2 Å². The minimum absolute atomic E-state index is 0.0825. The van der Waals surface area contributed by atoms with E-state index in [-0.39, 0.29) is 6.04 Å². The lowest BCUT2D eigenvalue weighted by Gasteiger charge is -2.17. The van der Waals surface area contributed by atoms with E-state index in [9.17, 15) is 0 Å². The average Bonchev–Trinajstić information content (AvgIpc) is 2.46. The molecule has 2 aromatic carbocycles. The normalized spacial score (nSPS) is 12.1. The lowest BCUT2D eigenvalue weighted by molar-refractivity contribution is 0.355. The van der Waals surface area contributed by atoms with Crippen molar-refractivity contribution >= 4 is 11.6 Å². The van der Waals surface area contributed by atoms with Gasteiger partial charge in [0.2, 0.25) is 0 Å². The number of hydrogen-bond donors (Lipinski definition) is 1. The summed E-state index contributed by atoms with van der Waals surface area (Å²) in [4.78, 5) is 0. The Bertz CT molecular complexity index is 594. The zero-order chi connectivity index (χ0) is 14.7. The van der Waals surface area contributed by atoms with Gasteiger partial charge in [-0.05, 0) is 42.3 Å². The molecule has 0 aromatic heterocycles. The average molecular weight is 292 g/mol. The molecule has 1 unspecified atom stereocenters. The molecule has 0 aliphatic carbocycles. The highest BCUT2D eigenvalue weighted by Gasteiger charge is 2.15. The molecule has 0 bridgehead atoms. The fourth-order valence-electron chi connectivity index (χ4n) is 2.09.